The van der Waals surface area contributed by atoms with Gasteiger partial charge < -0.3 is 0 Å². The lowest BCUT2D eigenvalue weighted by Crippen LogP contribution is -2.52. The number of hydrogen-bond acceptors (Lipinski definition) is 0. The Morgan fingerprint density at radius 1 is 1.28 bits per heavy atom. The van der Waals surface area contributed by atoms with Gasteiger partial charge in [-0.2, -0.15) is 0 Å². The van der Waals surface area contributed by atoms with Gasteiger partial charge in [0.15, 0.2) is 0 Å². The van der Waals surface area contributed by atoms with Crippen LogP contribution >= 0.6 is 31.4 Å². The van der Waals surface area contributed by atoms with E-state index in [0.29, 0.717) is 5.54 Å². The maximum absolute atomic E-state index is 6.80. The summed E-state index contributed by atoms with van der Waals surface area (Å²) in [6.07, 6.45) is 3.30. The maximum Gasteiger partial charge on any atom is 0.280 e. The molecule has 1 aliphatic rings. The van der Waals surface area contributed by atoms with Crippen LogP contribution in [-0.4, -0.2) is 14.8 Å². The van der Waals surface area contributed by atoms with Crippen LogP contribution in [0.25, 0.3) is 0 Å². The van der Waals surface area contributed by atoms with Crippen molar-refractivity contribution in [1.82, 2.24) is 0 Å². The molecule has 2 atom stereocenters. The topological polar surface area (TPSA) is 0 Å². The summed E-state index contributed by atoms with van der Waals surface area (Å²) >= 11 is 13.6. The predicted molar refractivity (Wildman–Crippen MR) is 94.5 cm³/mol. The van der Waals surface area contributed by atoms with E-state index >= 15 is 0 Å². The monoisotopic (exact) mass is 338 g/mol. The third-order valence-corrected chi connectivity index (χ3v) is 14.7. The molecule has 104 valence electrons. The Morgan fingerprint density at radius 2 is 1.78 bits per heavy atom. The molecule has 0 aromatic rings. The third-order valence-electron chi connectivity index (χ3n) is 3.28. The summed E-state index contributed by atoms with van der Waals surface area (Å²) in [5.74, 6) is 2.04. The van der Waals surface area contributed by atoms with Crippen molar-refractivity contribution < 1.29 is 0 Å². The number of allylic oxidation sites excluding steroid dienone is 2. The Labute approximate surface area is 126 Å². The van der Waals surface area contributed by atoms with Gasteiger partial charge in [0.1, 0.15) is 0 Å². The molecule has 1 rings (SSSR count). The van der Waals surface area contributed by atoms with Crippen molar-refractivity contribution >= 4 is 46.2 Å². The number of rotatable bonds is 3. The Kier molecular flexibility index (Phi) is 5.06. The van der Waals surface area contributed by atoms with Crippen molar-refractivity contribution in [2.24, 2.45) is 5.41 Å². The van der Waals surface area contributed by atoms with E-state index in [1.54, 1.807) is 0 Å². The van der Waals surface area contributed by atoms with Crippen molar-refractivity contribution in [2.45, 2.75) is 52.4 Å². The third kappa shape index (κ3) is 3.52. The Morgan fingerprint density at radius 3 is 2.11 bits per heavy atom. The molecule has 2 unspecified atom stereocenters. The summed E-state index contributed by atoms with van der Waals surface area (Å²) in [7, 11) is 1.25. The normalized spacial score (nSPS) is 24.6. The lowest BCUT2D eigenvalue weighted by molar-refractivity contribution is 0.375. The summed E-state index contributed by atoms with van der Waals surface area (Å²) in [4.78, 5) is 1.45. The average Bonchev–Trinajstić information content (AvgIpc) is 2.10. The fourth-order valence-corrected chi connectivity index (χ4v) is 17.9. The van der Waals surface area contributed by atoms with Gasteiger partial charge in [-0.3, -0.25) is 0 Å². The summed E-state index contributed by atoms with van der Waals surface area (Å²) in [6.45, 7) is 11.6. The molecule has 1 heterocycles. The van der Waals surface area contributed by atoms with E-state index in [4.69, 9.17) is 22.2 Å². The van der Waals surface area contributed by atoms with Gasteiger partial charge in [0.25, 0.3) is 6.69 Å². The molecule has 0 nitrogen and oxygen atoms in total. The molecule has 18 heavy (non-hydrogen) atoms. The second-order valence-corrected chi connectivity index (χ2v) is 19.9. The van der Waals surface area contributed by atoms with E-state index in [1.165, 1.54) is 10.4 Å². The van der Waals surface area contributed by atoms with Gasteiger partial charge in [0.2, 0.25) is 0 Å². The zero-order valence-electron chi connectivity index (χ0n) is 12.3. The standard InChI is InChI=1S/C13H25Cl2PSi2/c1-13(2,3)9-11-10(7-8-16)12(17(4,5)6)18(11,14)15/h7-8,11H,9,16H2,1-6H3. The van der Waals surface area contributed by atoms with Crippen LogP contribution < -0.4 is 0 Å². The average molecular weight is 339 g/mol. The van der Waals surface area contributed by atoms with Crippen molar-refractivity contribution in [1.29, 1.82) is 0 Å². The second kappa shape index (κ2) is 5.37. The maximum atomic E-state index is 6.80. The van der Waals surface area contributed by atoms with Crippen molar-refractivity contribution in [3.63, 3.8) is 0 Å². The fourth-order valence-electron chi connectivity index (χ4n) is 2.75. The summed E-state index contributed by atoms with van der Waals surface area (Å²) in [5.41, 5.74) is 2.12. The van der Waals surface area contributed by atoms with Gasteiger partial charge in [-0.05, 0) is 11.8 Å². The molecule has 1 aliphatic heterocycles. The highest BCUT2D eigenvalue weighted by Crippen LogP contribution is 2.59. The fraction of sp³-hybridized carbons (Fsp3) is 0.692. The molecule has 0 radical (unpaired) electrons. The Hall–Kier alpha value is 0.924. The van der Waals surface area contributed by atoms with E-state index in [9.17, 15) is 0 Å². The largest absolute Gasteiger partial charge is 0.280 e. The van der Waals surface area contributed by atoms with Gasteiger partial charge in [-0.25, -0.2) is 0 Å². The molecule has 0 spiro atoms. The molecule has 0 bridgehead atoms. The van der Waals surface area contributed by atoms with E-state index in [2.05, 4.69) is 55.7 Å². The number of halogens is 2. The van der Waals surface area contributed by atoms with E-state index < -0.39 is 14.8 Å². The first-order valence-corrected chi connectivity index (χ1v) is 14.7. The Bertz CT molecular complexity index is 387. The lowest BCUT2D eigenvalue weighted by atomic mass is 9.88. The van der Waals surface area contributed by atoms with Gasteiger partial charge in [-0.1, -0.05) is 62.7 Å². The highest BCUT2D eigenvalue weighted by molar-refractivity contribution is 7.54. The molecule has 0 fully saturated rings. The van der Waals surface area contributed by atoms with E-state index in [1.807, 2.05) is 5.82 Å². The second-order valence-electron chi connectivity index (χ2n) is 7.38. The molecule has 5 heteroatoms. The quantitative estimate of drug-likeness (QED) is 0.345. The van der Waals surface area contributed by atoms with Crippen LogP contribution in [-0.2, 0) is 0 Å². The van der Waals surface area contributed by atoms with Crippen molar-refractivity contribution in [3.8, 4) is 0 Å². The van der Waals surface area contributed by atoms with Gasteiger partial charge in [0.05, 0.1) is 8.07 Å². The molecule has 0 aliphatic carbocycles. The van der Waals surface area contributed by atoms with Gasteiger partial charge in [-0.15, -0.1) is 31.4 Å². The molecule has 0 aromatic heterocycles. The van der Waals surface area contributed by atoms with Crippen LogP contribution in [0.5, 0.6) is 0 Å². The minimum absolute atomic E-state index is 0.275. The molecular weight excluding hydrogens is 314 g/mol. The lowest BCUT2D eigenvalue weighted by Gasteiger charge is -2.49. The predicted octanol–water partition coefficient (Wildman–Crippen LogP) is 5.83. The first kappa shape index (κ1) is 17.0. The van der Waals surface area contributed by atoms with Crippen LogP contribution in [0.4, 0.5) is 0 Å². The molecule has 0 aromatic carbocycles. The molecule has 0 amide bonds. The highest BCUT2D eigenvalue weighted by atomic mass is 35.7. The highest BCUT2D eigenvalue weighted by Gasteiger charge is 2.57. The molecule has 0 saturated heterocycles. The minimum atomic E-state index is -2.23. The number of hydrogen-bond donors (Lipinski definition) is 0. The van der Waals surface area contributed by atoms with Crippen molar-refractivity contribution in [3.05, 3.63) is 22.3 Å². The smallest absolute Gasteiger partial charge is 0.140 e. The first-order chi connectivity index (χ1) is 7.91. The van der Waals surface area contributed by atoms with Crippen LogP contribution in [0.15, 0.2) is 22.3 Å². The molecule has 0 saturated carbocycles. The summed E-state index contributed by atoms with van der Waals surface area (Å²) < 4.78 is 0. The first-order valence-electron chi connectivity index (χ1n) is 6.42. The van der Waals surface area contributed by atoms with Gasteiger partial charge in [0, 0.05) is 5.54 Å². The Balaban J connectivity index is 3.20. The van der Waals surface area contributed by atoms with Crippen molar-refractivity contribution in [2.75, 3.05) is 0 Å². The van der Waals surface area contributed by atoms with E-state index in [-0.39, 0.29) is 5.41 Å². The minimum Gasteiger partial charge on any atom is -0.140 e. The molecular formula is C13H25Cl2PSi2. The van der Waals surface area contributed by atoms with Gasteiger partial charge >= 0.3 is 0 Å². The van der Waals surface area contributed by atoms with Crippen LogP contribution in [0.1, 0.15) is 27.2 Å². The summed E-state index contributed by atoms with van der Waals surface area (Å²) in [6, 6.07) is 0. The SMILES string of the molecule is CC(C)(C)CC1C(C=CP)=C([Si](C)(C)C)[Si]1(Cl)Cl. The van der Waals surface area contributed by atoms with E-state index in [0.717, 1.165) is 6.42 Å². The zero-order chi connectivity index (χ0) is 14.4. The van der Waals surface area contributed by atoms with Crippen LogP contribution in [0.2, 0.25) is 25.2 Å². The van der Waals surface area contributed by atoms with Crippen LogP contribution in [0.3, 0.4) is 0 Å². The summed E-state index contributed by atoms with van der Waals surface area (Å²) in [5, 5.41) is 0. The van der Waals surface area contributed by atoms with Crippen LogP contribution in [0, 0.1) is 5.41 Å². The molecule has 0 N–H and O–H groups in total. The zero-order valence-corrected chi connectivity index (χ0v) is 16.9.